The quantitative estimate of drug-likeness (QED) is 0.738. The van der Waals surface area contributed by atoms with E-state index in [1.165, 1.54) is 0 Å². The number of benzene rings is 1. The summed E-state index contributed by atoms with van der Waals surface area (Å²) in [5.41, 5.74) is 2.95. The molecule has 2 aromatic heterocycles. The molecule has 0 aliphatic rings. The van der Waals surface area contributed by atoms with Crippen LogP contribution in [0.25, 0.3) is 11.1 Å². The fraction of sp³-hybridized carbons (Fsp3) is 0.125. The zero-order valence-corrected chi connectivity index (χ0v) is 12.3. The smallest absolute Gasteiger partial charge is 0.221 e. The summed E-state index contributed by atoms with van der Waals surface area (Å²) >= 11 is 6.07. The van der Waals surface area contributed by atoms with Crippen molar-refractivity contribution >= 4 is 11.6 Å². The third-order valence-electron chi connectivity index (χ3n) is 3.14. The first-order valence-corrected chi connectivity index (χ1v) is 6.90. The van der Waals surface area contributed by atoms with E-state index >= 15 is 0 Å². The number of hydrogen-bond donors (Lipinski definition) is 0. The number of halogens is 1. The van der Waals surface area contributed by atoms with Crippen molar-refractivity contribution in [3.8, 4) is 17.0 Å². The largest absolute Gasteiger partial charge is 0.481 e. The molecule has 4 nitrogen and oxygen atoms in total. The van der Waals surface area contributed by atoms with E-state index in [9.17, 15) is 0 Å². The van der Waals surface area contributed by atoms with Gasteiger partial charge < -0.3 is 4.74 Å². The van der Waals surface area contributed by atoms with E-state index < -0.39 is 0 Å². The second-order valence-corrected chi connectivity index (χ2v) is 5.05. The lowest BCUT2D eigenvalue weighted by Crippen LogP contribution is -2.02. The molecule has 0 atom stereocenters. The first-order valence-electron chi connectivity index (χ1n) is 6.52. The summed E-state index contributed by atoms with van der Waals surface area (Å²) in [6.45, 7) is 0.664. The highest BCUT2D eigenvalue weighted by atomic mass is 35.5. The monoisotopic (exact) mass is 299 g/mol. The Morgan fingerprint density at radius 1 is 1.24 bits per heavy atom. The average Bonchev–Trinajstić information content (AvgIpc) is 3.00. The second-order valence-electron chi connectivity index (χ2n) is 4.61. The molecule has 0 radical (unpaired) electrons. The molecule has 0 bridgehead atoms. The van der Waals surface area contributed by atoms with Gasteiger partial charge in [0.05, 0.1) is 13.7 Å². The highest BCUT2D eigenvalue weighted by molar-refractivity contribution is 6.30. The van der Waals surface area contributed by atoms with Gasteiger partial charge in [0.2, 0.25) is 5.88 Å². The molecule has 0 fully saturated rings. The lowest BCUT2D eigenvalue weighted by atomic mass is 10.1. The van der Waals surface area contributed by atoms with Gasteiger partial charge in [-0.15, -0.1) is 0 Å². The maximum Gasteiger partial charge on any atom is 0.221 e. The molecular formula is C16H14ClN3O. The van der Waals surface area contributed by atoms with E-state index in [4.69, 9.17) is 16.3 Å². The Morgan fingerprint density at radius 2 is 2.14 bits per heavy atom. The van der Waals surface area contributed by atoms with Crippen LogP contribution in [0.2, 0.25) is 5.02 Å². The van der Waals surface area contributed by atoms with Crippen molar-refractivity contribution in [1.82, 2.24) is 14.8 Å². The zero-order chi connectivity index (χ0) is 14.7. The van der Waals surface area contributed by atoms with Crippen molar-refractivity contribution in [2.24, 2.45) is 0 Å². The Hall–Kier alpha value is -2.33. The molecule has 5 heteroatoms. The number of nitrogens with zero attached hydrogens (tertiary/aromatic N) is 3. The predicted octanol–water partition coefficient (Wildman–Crippen LogP) is 3.66. The lowest BCUT2D eigenvalue weighted by molar-refractivity contribution is 0.399. The minimum Gasteiger partial charge on any atom is -0.481 e. The highest BCUT2D eigenvalue weighted by Crippen LogP contribution is 2.30. The van der Waals surface area contributed by atoms with Gasteiger partial charge in [-0.05, 0) is 35.4 Å². The summed E-state index contributed by atoms with van der Waals surface area (Å²) in [5, 5.41) is 4.89. The van der Waals surface area contributed by atoms with E-state index in [1.807, 2.05) is 41.2 Å². The summed E-state index contributed by atoms with van der Waals surface area (Å²) < 4.78 is 7.21. The van der Waals surface area contributed by atoms with Crippen LogP contribution in [0.5, 0.6) is 5.88 Å². The van der Waals surface area contributed by atoms with Crippen molar-refractivity contribution in [3.05, 3.63) is 65.6 Å². The Labute approximate surface area is 128 Å². The normalized spacial score (nSPS) is 10.6. The maximum absolute atomic E-state index is 6.07. The SMILES string of the molecule is COc1ncc(Cn2cccn2)cc1-c1cccc(Cl)c1. The van der Waals surface area contributed by atoms with Crippen molar-refractivity contribution in [2.75, 3.05) is 7.11 Å². The van der Waals surface area contributed by atoms with E-state index in [2.05, 4.69) is 16.1 Å². The summed E-state index contributed by atoms with van der Waals surface area (Å²) in [7, 11) is 1.61. The molecule has 0 spiro atoms. The first-order chi connectivity index (χ1) is 10.3. The summed E-state index contributed by atoms with van der Waals surface area (Å²) in [4.78, 5) is 4.38. The molecule has 0 saturated heterocycles. The fourth-order valence-electron chi connectivity index (χ4n) is 2.19. The minimum atomic E-state index is 0.585. The average molecular weight is 300 g/mol. The molecule has 0 aliphatic heterocycles. The van der Waals surface area contributed by atoms with Gasteiger partial charge >= 0.3 is 0 Å². The van der Waals surface area contributed by atoms with Gasteiger partial charge in [0.15, 0.2) is 0 Å². The Kier molecular flexibility index (Phi) is 3.88. The molecule has 0 saturated carbocycles. The molecule has 1 aromatic carbocycles. The van der Waals surface area contributed by atoms with E-state index in [0.717, 1.165) is 16.7 Å². The van der Waals surface area contributed by atoms with Crippen LogP contribution in [0.3, 0.4) is 0 Å². The number of methoxy groups -OCH3 is 1. The van der Waals surface area contributed by atoms with Crippen LogP contribution in [-0.4, -0.2) is 21.9 Å². The van der Waals surface area contributed by atoms with Crippen molar-refractivity contribution in [2.45, 2.75) is 6.54 Å². The minimum absolute atomic E-state index is 0.585. The molecule has 3 aromatic rings. The third kappa shape index (κ3) is 3.06. The van der Waals surface area contributed by atoms with Gasteiger partial charge in [0.1, 0.15) is 0 Å². The van der Waals surface area contributed by atoms with E-state index in [0.29, 0.717) is 17.4 Å². The predicted molar refractivity (Wildman–Crippen MR) is 82.6 cm³/mol. The fourth-order valence-corrected chi connectivity index (χ4v) is 2.38. The topological polar surface area (TPSA) is 39.9 Å². The summed E-state index contributed by atoms with van der Waals surface area (Å²) in [5.74, 6) is 0.585. The van der Waals surface area contributed by atoms with Gasteiger partial charge in [-0.2, -0.15) is 5.10 Å². The third-order valence-corrected chi connectivity index (χ3v) is 3.38. The van der Waals surface area contributed by atoms with E-state index in [-0.39, 0.29) is 0 Å². The molecule has 0 unspecified atom stereocenters. The van der Waals surface area contributed by atoms with Crippen LogP contribution in [-0.2, 0) is 6.54 Å². The van der Waals surface area contributed by atoms with Crippen molar-refractivity contribution in [3.63, 3.8) is 0 Å². The van der Waals surface area contributed by atoms with E-state index in [1.54, 1.807) is 19.5 Å². The Bertz CT molecular complexity index is 741. The van der Waals surface area contributed by atoms with Crippen LogP contribution in [0.4, 0.5) is 0 Å². The van der Waals surface area contributed by atoms with Crippen LogP contribution in [0.1, 0.15) is 5.56 Å². The molecule has 106 valence electrons. The summed E-state index contributed by atoms with van der Waals surface area (Å²) in [6.07, 6.45) is 5.48. The lowest BCUT2D eigenvalue weighted by Gasteiger charge is -2.10. The molecule has 0 aliphatic carbocycles. The highest BCUT2D eigenvalue weighted by Gasteiger charge is 2.09. The van der Waals surface area contributed by atoms with Gasteiger partial charge in [-0.1, -0.05) is 23.7 Å². The zero-order valence-electron chi connectivity index (χ0n) is 11.5. The molecular weight excluding hydrogens is 286 g/mol. The Morgan fingerprint density at radius 3 is 2.86 bits per heavy atom. The second kappa shape index (κ2) is 5.97. The number of rotatable bonds is 4. The van der Waals surface area contributed by atoms with Crippen LogP contribution < -0.4 is 4.74 Å². The maximum atomic E-state index is 6.07. The molecule has 2 heterocycles. The van der Waals surface area contributed by atoms with Crippen LogP contribution in [0, 0.1) is 0 Å². The number of hydrogen-bond acceptors (Lipinski definition) is 3. The Balaban J connectivity index is 2.01. The van der Waals surface area contributed by atoms with Gasteiger partial charge in [0, 0.05) is 29.2 Å². The molecule has 3 rings (SSSR count). The van der Waals surface area contributed by atoms with Gasteiger partial charge in [-0.25, -0.2) is 4.98 Å². The van der Waals surface area contributed by atoms with Gasteiger partial charge in [0.25, 0.3) is 0 Å². The standard InChI is InChI=1S/C16H14ClN3O/c1-21-16-15(13-4-2-5-14(17)9-13)8-12(10-18-16)11-20-7-3-6-19-20/h2-10H,11H2,1H3. The molecule has 0 N–H and O–H groups in total. The number of pyridine rings is 1. The number of ether oxygens (including phenoxy) is 1. The molecule has 0 amide bonds. The first kappa shape index (κ1) is 13.6. The molecule has 21 heavy (non-hydrogen) atoms. The summed E-state index contributed by atoms with van der Waals surface area (Å²) in [6, 6.07) is 11.6. The van der Waals surface area contributed by atoms with Crippen LogP contribution >= 0.6 is 11.6 Å². The van der Waals surface area contributed by atoms with Gasteiger partial charge in [-0.3, -0.25) is 4.68 Å². The van der Waals surface area contributed by atoms with Crippen molar-refractivity contribution in [1.29, 1.82) is 0 Å². The van der Waals surface area contributed by atoms with Crippen molar-refractivity contribution < 1.29 is 4.74 Å². The number of aromatic nitrogens is 3. The van der Waals surface area contributed by atoms with Crippen LogP contribution in [0.15, 0.2) is 55.0 Å².